The van der Waals surface area contributed by atoms with Gasteiger partial charge in [0.05, 0.1) is 15.8 Å². The summed E-state index contributed by atoms with van der Waals surface area (Å²) in [5.41, 5.74) is 9.09. The number of aliphatic carboxylic acids is 1. The summed E-state index contributed by atoms with van der Waals surface area (Å²) in [4.78, 5) is 103. The number of carbonyl (C=O) groups is 6. The summed E-state index contributed by atoms with van der Waals surface area (Å²) in [6.45, 7) is 24.0. The van der Waals surface area contributed by atoms with Crippen LogP contribution in [0.3, 0.4) is 0 Å². The number of nitro groups is 2. The molecule has 0 unspecified atom stereocenters. The Balaban J connectivity index is 0.000000215. The highest BCUT2D eigenvalue weighted by atomic mass is 16.6. The van der Waals surface area contributed by atoms with Crippen LogP contribution in [0.25, 0.3) is 0 Å². The third kappa shape index (κ3) is 26.6. The molecule has 4 N–H and O–H groups in total. The van der Waals surface area contributed by atoms with Crippen molar-refractivity contribution in [3.05, 3.63) is 110 Å². The van der Waals surface area contributed by atoms with Gasteiger partial charge in [0.25, 0.3) is 11.4 Å². The predicted molar refractivity (Wildman–Crippen MR) is 380 cm³/mol. The molecule has 0 spiro atoms. The smallest absolute Gasteiger partial charge is 0.410 e. The zero-order valence-corrected chi connectivity index (χ0v) is 60.7. The number of carboxylic acid groups (broad SMARTS) is 1. The molecule has 3 saturated carbocycles. The summed E-state index contributed by atoms with van der Waals surface area (Å²) in [5.74, 6) is 2.54. The number of hydrogen-bond donors (Lipinski definition) is 3. The molecule has 98 heavy (non-hydrogen) atoms. The molecule has 0 radical (unpaired) electrons. The lowest BCUT2D eigenvalue weighted by Gasteiger charge is -2.37. The van der Waals surface area contributed by atoms with Gasteiger partial charge in [-0.05, 0) is 255 Å². The number of nitrogen functional groups attached to an aromatic ring is 1. The maximum Gasteiger partial charge on any atom is 0.410 e. The quantitative estimate of drug-likeness (QED) is 0.0585. The average molecular weight is 1370 g/mol. The molecule has 3 aliphatic heterocycles. The van der Waals surface area contributed by atoms with Gasteiger partial charge < -0.3 is 54.9 Å². The van der Waals surface area contributed by atoms with Crippen LogP contribution in [0.5, 0.6) is 0 Å². The summed E-state index contributed by atoms with van der Waals surface area (Å²) in [7, 11) is 5.31. The van der Waals surface area contributed by atoms with Gasteiger partial charge in [-0.1, -0.05) is 36.4 Å². The van der Waals surface area contributed by atoms with E-state index in [1.54, 1.807) is 60.1 Å². The van der Waals surface area contributed by atoms with Crippen molar-refractivity contribution < 1.29 is 57.9 Å². The molecule has 3 heterocycles. The number of nitrogens with zero attached hydrogens (tertiary/aromatic N) is 7. The van der Waals surface area contributed by atoms with Crippen molar-refractivity contribution in [3.63, 3.8) is 0 Å². The number of non-ortho nitro benzene ring substituents is 2. The van der Waals surface area contributed by atoms with Crippen molar-refractivity contribution in [2.45, 2.75) is 212 Å². The van der Waals surface area contributed by atoms with Gasteiger partial charge in [-0.25, -0.2) is 14.4 Å². The van der Waals surface area contributed by atoms with Crippen molar-refractivity contribution in [2.75, 3.05) is 85.8 Å². The number of rotatable bonds is 14. The van der Waals surface area contributed by atoms with Gasteiger partial charge in [-0.3, -0.25) is 34.6 Å². The van der Waals surface area contributed by atoms with Gasteiger partial charge in [0.15, 0.2) is 0 Å². The number of anilines is 1. The van der Waals surface area contributed by atoms with Crippen molar-refractivity contribution in [1.82, 2.24) is 29.8 Å². The van der Waals surface area contributed by atoms with Gasteiger partial charge in [0, 0.05) is 109 Å². The highest BCUT2D eigenvalue weighted by Gasteiger charge is 2.36. The minimum Gasteiger partial charge on any atom is -0.481 e. The Bertz CT molecular complexity index is 3030. The van der Waals surface area contributed by atoms with Crippen LogP contribution in [-0.2, 0) is 28.6 Å². The van der Waals surface area contributed by atoms with Gasteiger partial charge in [-0.15, -0.1) is 0 Å². The predicted octanol–water partition coefficient (Wildman–Crippen LogP) is 14.4. The lowest BCUT2D eigenvalue weighted by molar-refractivity contribution is -0.385. The number of ether oxygens (including phenoxy) is 3. The van der Waals surface area contributed by atoms with Crippen LogP contribution in [0.2, 0.25) is 0 Å². The van der Waals surface area contributed by atoms with E-state index in [1.165, 1.54) is 11.1 Å². The second-order valence-electron chi connectivity index (χ2n) is 31.2. The summed E-state index contributed by atoms with van der Waals surface area (Å²) < 4.78 is 16.2. The molecule has 23 heteroatoms. The van der Waals surface area contributed by atoms with Crippen molar-refractivity contribution in [3.8, 4) is 0 Å². The van der Waals surface area contributed by atoms with Crippen LogP contribution in [-0.4, -0.2) is 172 Å². The minimum atomic E-state index is -0.695. The number of nitro benzene ring substituents is 2. The third-order valence-corrected chi connectivity index (χ3v) is 19.8. The second-order valence-corrected chi connectivity index (χ2v) is 31.2. The molecular formula is C75H115N9O14. The van der Waals surface area contributed by atoms with E-state index in [4.69, 9.17) is 25.1 Å². The third-order valence-electron chi connectivity index (χ3n) is 19.8. The number of hydrogen-bond acceptors (Lipinski definition) is 15. The van der Waals surface area contributed by atoms with E-state index in [-0.39, 0.29) is 63.2 Å². The normalized spacial score (nSPS) is 21.9. The zero-order valence-electron chi connectivity index (χ0n) is 60.7. The molecule has 544 valence electrons. The fraction of sp³-hybridized carbons (Fsp3) is 0.680. The Hall–Kier alpha value is -7.56. The molecule has 9 rings (SSSR count). The molecule has 3 aromatic rings. The van der Waals surface area contributed by atoms with Gasteiger partial charge in [-0.2, -0.15) is 0 Å². The highest BCUT2D eigenvalue weighted by Crippen LogP contribution is 2.37. The molecule has 3 aliphatic carbocycles. The number of benzene rings is 3. The molecule has 23 nitrogen and oxygen atoms in total. The SMILES string of the molecule is CN(CC1CCC(C(=O)N2CCC(c3ccc(N)cc3)CC2)CC1)C(=O)OC(C)(C)C.CN(CC1CCC(C(=O)N2CCC(c3ccc([N+](=O)[O-])cc3)CC2)CC1)C(=O)OC(C)(C)C.CN(CC1CCC(C(=O)O)CC1)C(=O)OC(C)(C)C.O=[N+]([O-])c1ccc(C2CCNCC2)cc1. The van der Waals surface area contributed by atoms with Crippen LogP contribution in [0.1, 0.15) is 212 Å². The number of nitrogens with one attached hydrogen (secondary N) is 1. The molecule has 5 amide bonds. The lowest BCUT2D eigenvalue weighted by atomic mass is 9.80. The Morgan fingerprint density at radius 2 is 0.714 bits per heavy atom. The second kappa shape index (κ2) is 37.0. The summed E-state index contributed by atoms with van der Waals surface area (Å²) >= 11 is 0. The minimum absolute atomic E-state index is 0.0732. The van der Waals surface area contributed by atoms with Gasteiger partial charge in [0.1, 0.15) is 16.8 Å². The molecule has 3 saturated heterocycles. The van der Waals surface area contributed by atoms with Crippen LogP contribution < -0.4 is 11.1 Å². The summed E-state index contributed by atoms with van der Waals surface area (Å²) in [6.07, 6.45) is 15.8. The fourth-order valence-electron chi connectivity index (χ4n) is 14.2. The Morgan fingerprint density at radius 1 is 0.449 bits per heavy atom. The van der Waals surface area contributed by atoms with E-state index < -0.39 is 22.8 Å². The number of carbonyl (C=O) groups excluding carboxylic acids is 5. The van der Waals surface area contributed by atoms with E-state index >= 15 is 0 Å². The van der Waals surface area contributed by atoms with E-state index in [9.17, 15) is 49.0 Å². The lowest BCUT2D eigenvalue weighted by Crippen LogP contribution is -2.43. The largest absolute Gasteiger partial charge is 0.481 e. The molecule has 6 fully saturated rings. The molecule has 0 atom stereocenters. The van der Waals surface area contributed by atoms with Crippen LogP contribution in [0, 0.1) is 55.7 Å². The maximum atomic E-state index is 13.1. The molecule has 3 aromatic carbocycles. The number of nitrogens with two attached hydrogens (primary N) is 1. The standard InChI is InChI=1S/C25H37N3O5.C25H39N3O3.C14H25NO4.C11H14N2O2/c1-25(2,3)33-24(30)26(4)17-18-5-7-21(8-6-18)23(29)27-15-13-20(14-16-27)19-9-11-22(12-10-19)28(31)32;1-25(2,3)31-24(30)27(4)17-18-5-7-21(8-6-18)23(29)28-15-13-20(14-16-28)19-9-11-22(26)12-10-19;1-14(2,3)19-13(18)15(4)9-10-5-7-11(8-6-10)12(16)17;14-13(15)11-3-1-9(2-4-11)10-5-7-12-8-6-10/h9-12,18,20-21H,5-8,13-17H2,1-4H3;9-12,18,20-21H,5-8,13-17,26H2,1-4H3;10-11H,5-9H2,1-4H3,(H,16,17);1-4,10,12H,5-8H2. The Labute approximate surface area is 581 Å². The molecule has 0 aromatic heterocycles. The van der Waals surface area contributed by atoms with Crippen LogP contribution >= 0.6 is 0 Å². The Kier molecular flexibility index (Phi) is 30.0. The number of carboxylic acids is 1. The first-order valence-corrected chi connectivity index (χ1v) is 35.8. The van der Waals surface area contributed by atoms with Crippen molar-refractivity contribution in [1.29, 1.82) is 0 Å². The summed E-state index contributed by atoms with van der Waals surface area (Å²) in [5, 5.41) is 33.6. The first-order chi connectivity index (χ1) is 46.1. The topological polar surface area (TPSA) is 291 Å². The van der Waals surface area contributed by atoms with E-state index in [0.717, 1.165) is 153 Å². The number of piperidine rings is 3. The first kappa shape index (κ1) is 79.4. The van der Waals surface area contributed by atoms with Crippen molar-refractivity contribution >= 4 is 53.1 Å². The van der Waals surface area contributed by atoms with E-state index in [1.807, 2.05) is 104 Å². The van der Waals surface area contributed by atoms with E-state index in [0.29, 0.717) is 73.9 Å². The molecule has 6 aliphatic rings. The average Bonchev–Trinajstić information content (AvgIpc) is 0.966. The monoisotopic (exact) mass is 1370 g/mol. The molecule has 0 bridgehead atoms. The van der Waals surface area contributed by atoms with Crippen molar-refractivity contribution in [2.24, 2.45) is 35.5 Å². The van der Waals surface area contributed by atoms with Gasteiger partial charge >= 0.3 is 24.2 Å². The van der Waals surface area contributed by atoms with Gasteiger partial charge in [0.2, 0.25) is 11.8 Å². The van der Waals surface area contributed by atoms with Crippen LogP contribution in [0.15, 0.2) is 72.8 Å². The van der Waals surface area contributed by atoms with E-state index in [2.05, 4.69) is 22.3 Å². The number of amides is 5. The molecular weight excluding hydrogens is 1250 g/mol. The van der Waals surface area contributed by atoms with Crippen LogP contribution in [0.4, 0.5) is 31.4 Å². The fourth-order valence-corrected chi connectivity index (χ4v) is 14.2. The number of likely N-dealkylation sites (tertiary alicyclic amines) is 2. The Morgan fingerprint density at radius 3 is 0.980 bits per heavy atom. The first-order valence-electron chi connectivity index (χ1n) is 35.8. The highest BCUT2D eigenvalue weighted by molar-refractivity contribution is 5.79. The zero-order chi connectivity index (χ0) is 72.1. The maximum absolute atomic E-state index is 13.1. The summed E-state index contributed by atoms with van der Waals surface area (Å²) in [6, 6.07) is 21.9.